The van der Waals surface area contributed by atoms with Gasteiger partial charge in [-0.1, -0.05) is 19.1 Å². The van der Waals surface area contributed by atoms with Gasteiger partial charge in [-0.3, -0.25) is 9.69 Å². The summed E-state index contributed by atoms with van der Waals surface area (Å²) in [6.07, 6.45) is 7.36. The van der Waals surface area contributed by atoms with Crippen LogP contribution in [0.15, 0.2) is 65.6 Å². The number of amides is 1. The van der Waals surface area contributed by atoms with Gasteiger partial charge in [-0.2, -0.15) is 13.1 Å². The lowest BCUT2D eigenvalue weighted by Crippen LogP contribution is -2.60. The van der Waals surface area contributed by atoms with Gasteiger partial charge in [0.25, 0.3) is 5.92 Å². The highest BCUT2D eigenvalue weighted by atomic mass is 32.2. The molecule has 9 nitrogen and oxygen atoms in total. The van der Waals surface area contributed by atoms with Crippen molar-refractivity contribution in [3.63, 3.8) is 0 Å². The Hall–Kier alpha value is -3.32. The molecule has 1 amide bonds. The predicted molar refractivity (Wildman–Crippen MR) is 191 cm³/mol. The van der Waals surface area contributed by atoms with E-state index in [1.165, 1.54) is 36.4 Å². The zero-order valence-corrected chi connectivity index (χ0v) is 30.3. The minimum atomic E-state index is -4.55. The van der Waals surface area contributed by atoms with Gasteiger partial charge >= 0.3 is 0 Å². The molecule has 4 fully saturated rings. The van der Waals surface area contributed by atoms with E-state index < -0.39 is 33.5 Å². The smallest absolute Gasteiger partial charge is 0.298 e. The van der Waals surface area contributed by atoms with Crippen LogP contribution in [0.3, 0.4) is 0 Å². The van der Waals surface area contributed by atoms with Gasteiger partial charge in [-0.25, -0.2) is 8.42 Å². The Morgan fingerprint density at radius 3 is 2.24 bits per heavy atom. The van der Waals surface area contributed by atoms with E-state index in [-0.39, 0.29) is 23.1 Å². The first-order valence-corrected chi connectivity index (χ1v) is 19.9. The Morgan fingerprint density at radius 1 is 0.922 bits per heavy atom. The van der Waals surface area contributed by atoms with Crippen molar-refractivity contribution >= 4 is 26.7 Å². The molecule has 2 bridgehead atoms. The fourth-order valence-corrected chi connectivity index (χ4v) is 9.83. The number of morpholine rings is 1. The first-order valence-electron chi connectivity index (χ1n) is 18.4. The third-order valence-electron chi connectivity index (χ3n) is 11.2. The first-order chi connectivity index (χ1) is 24.5. The van der Waals surface area contributed by atoms with E-state index in [9.17, 15) is 13.2 Å². The number of carbonyl (C=O) groups is 1. The van der Waals surface area contributed by atoms with E-state index in [1.807, 2.05) is 12.1 Å². The fourth-order valence-electron chi connectivity index (χ4n) is 8.48. The minimum Gasteiger partial charge on any atom is -0.492 e. The van der Waals surface area contributed by atoms with E-state index in [0.717, 1.165) is 64.0 Å². The number of rotatable bonds is 12. The van der Waals surface area contributed by atoms with E-state index in [2.05, 4.69) is 11.8 Å². The van der Waals surface area contributed by atoms with Crippen molar-refractivity contribution in [2.24, 2.45) is 5.92 Å². The topological polar surface area (TPSA) is 88.6 Å². The van der Waals surface area contributed by atoms with Gasteiger partial charge in [0.05, 0.1) is 24.2 Å². The number of fused-ring (bicyclic) bond motifs is 3. The number of sulfonamides is 1. The molecule has 1 saturated carbocycles. The van der Waals surface area contributed by atoms with Crippen molar-refractivity contribution in [2.75, 3.05) is 46.5 Å². The molecule has 0 spiro atoms. The molecule has 51 heavy (non-hydrogen) atoms. The molecule has 3 aromatic carbocycles. The monoisotopic (exact) mass is 725 g/mol. The van der Waals surface area contributed by atoms with Crippen LogP contribution in [0.2, 0.25) is 0 Å². The zero-order valence-electron chi connectivity index (χ0n) is 29.5. The van der Waals surface area contributed by atoms with Crippen molar-refractivity contribution in [3.05, 3.63) is 66.2 Å². The number of piperidine rings is 1. The highest BCUT2D eigenvalue weighted by Gasteiger charge is 2.56. The van der Waals surface area contributed by atoms with Gasteiger partial charge in [0.15, 0.2) is 6.04 Å². The summed E-state index contributed by atoms with van der Waals surface area (Å²) in [5.41, 5.74) is -0.450. The number of ether oxygens (including phenoxy) is 3. The second-order valence-corrected chi connectivity index (χ2v) is 16.8. The molecule has 12 heteroatoms. The van der Waals surface area contributed by atoms with Crippen molar-refractivity contribution in [2.45, 2.75) is 93.3 Å². The lowest BCUT2D eigenvalue weighted by molar-refractivity contribution is -0.155. The number of halogens is 2. The molecule has 3 aliphatic heterocycles. The lowest BCUT2D eigenvalue weighted by Gasteiger charge is -2.42. The molecule has 0 aromatic heterocycles. The van der Waals surface area contributed by atoms with Crippen LogP contribution in [-0.2, 0) is 25.5 Å². The van der Waals surface area contributed by atoms with Crippen LogP contribution < -0.4 is 9.47 Å². The highest BCUT2D eigenvalue weighted by Crippen LogP contribution is 2.44. The molecule has 276 valence electrons. The molecular formula is C39H49F2N3O6S. The molecule has 3 atom stereocenters. The van der Waals surface area contributed by atoms with Gasteiger partial charge in [0.2, 0.25) is 15.9 Å². The number of hydrogen-bond donors (Lipinski definition) is 0. The SMILES string of the molecule is CC1CC2CCC(C1)N2C(=O)C(N(C)S(=O)(=O)c1ccc2cc(OC3CCCC3)ccc2c1)C(F)(F)c1ccc(OCCN2CCOCC2)cc1. The standard InChI is InChI=1S/C39H49F2N3O6S/c1-27-23-31-11-12-32(24-27)44(31)38(45)37(39(40,41)30-9-14-33(15-10-30)49-22-19-43-17-20-48-21-18-43)42(2)51(46,47)36-16-8-28-25-35(13-7-29(28)26-36)50-34-5-3-4-6-34/h7-10,13-16,25-27,31-32,34,37H,3-6,11-12,17-24H2,1-2H3. The van der Waals surface area contributed by atoms with Gasteiger partial charge in [0.1, 0.15) is 18.1 Å². The third kappa shape index (κ3) is 7.61. The second-order valence-electron chi connectivity index (χ2n) is 14.8. The maximum Gasteiger partial charge on any atom is 0.298 e. The minimum absolute atomic E-state index is 0.158. The van der Waals surface area contributed by atoms with Gasteiger partial charge < -0.3 is 19.1 Å². The number of carbonyl (C=O) groups excluding carboxylic acids is 1. The summed E-state index contributed by atoms with van der Waals surface area (Å²) in [4.78, 5) is 18.1. The Kier molecular flexibility index (Phi) is 10.6. The van der Waals surface area contributed by atoms with Crippen molar-refractivity contribution in [1.82, 2.24) is 14.1 Å². The summed E-state index contributed by atoms with van der Waals surface area (Å²) in [5, 5.41) is 1.40. The predicted octanol–water partition coefficient (Wildman–Crippen LogP) is 6.44. The summed E-state index contributed by atoms with van der Waals surface area (Å²) < 4.78 is 80.4. The number of hydrogen-bond acceptors (Lipinski definition) is 7. The number of benzene rings is 3. The Labute approximate surface area is 299 Å². The van der Waals surface area contributed by atoms with E-state index in [0.29, 0.717) is 66.3 Å². The first kappa shape index (κ1) is 36.1. The summed E-state index contributed by atoms with van der Waals surface area (Å²) in [7, 11) is -3.45. The van der Waals surface area contributed by atoms with Gasteiger partial charge in [-0.05, 0) is 117 Å². The molecule has 3 aromatic rings. The molecule has 7 rings (SSSR count). The second kappa shape index (κ2) is 15.0. The van der Waals surface area contributed by atoms with E-state index in [1.54, 1.807) is 17.0 Å². The van der Waals surface area contributed by atoms with Gasteiger partial charge in [-0.15, -0.1) is 0 Å². The van der Waals surface area contributed by atoms with Crippen LogP contribution in [0, 0.1) is 5.92 Å². The van der Waals surface area contributed by atoms with Crippen LogP contribution in [0.1, 0.15) is 63.9 Å². The molecule has 4 aliphatic rings. The fraction of sp³-hybridized carbons (Fsp3) is 0.564. The average Bonchev–Trinajstić information content (AvgIpc) is 3.73. The van der Waals surface area contributed by atoms with Gasteiger partial charge in [0, 0.05) is 44.3 Å². The van der Waals surface area contributed by atoms with E-state index >= 15 is 8.78 Å². The maximum atomic E-state index is 16.9. The van der Waals surface area contributed by atoms with Crippen LogP contribution >= 0.6 is 0 Å². The molecular weight excluding hydrogens is 677 g/mol. The summed E-state index contributed by atoms with van der Waals surface area (Å²) >= 11 is 0. The Morgan fingerprint density at radius 2 is 1.55 bits per heavy atom. The number of likely N-dealkylation sites (N-methyl/N-ethyl adjacent to an activating group) is 1. The molecule has 1 aliphatic carbocycles. The number of nitrogens with zero attached hydrogens (tertiary/aromatic N) is 3. The Balaban J connectivity index is 1.15. The lowest BCUT2D eigenvalue weighted by atomic mass is 9.90. The quantitative estimate of drug-likeness (QED) is 0.212. The molecule has 3 saturated heterocycles. The maximum absolute atomic E-state index is 16.9. The summed E-state index contributed by atoms with van der Waals surface area (Å²) in [5.74, 6) is -3.21. The third-order valence-corrected chi connectivity index (χ3v) is 13.1. The van der Waals surface area contributed by atoms with Crippen LogP contribution in [0.25, 0.3) is 10.8 Å². The molecule has 0 N–H and O–H groups in total. The van der Waals surface area contributed by atoms with Crippen molar-refractivity contribution < 1.29 is 36.2 Å². The van der Waals surface area contributed by atoms with Crippen LogP contribution in [-0.4, -0.2) is 99.2 Å². The van der Waals surface area contributed by atoms with Crippen LogP contribution in [0.5, 0.6) is 11.5 Å². The zero-order chi connectivity index (χ0) is 35.8. The summed E-state index contributed by atoms with van der Waals surface area (Å²) in [6.45, 7) is 6.15. The molecule has 3 heterocycles. The largest absolute Gasteiger partial charge is 0.492 e. The summed E-state index contributed by atoms with van der Waals surface area (Å²) in [6, 6.07) is 12.7. The van der Waals surface area contributed by atoms with E-state index in [4.69, 9.17) is 14.2 Å². The van der Waals surface area contributed by atoms with Crippen LogP contribution in [0.4, 0.5) is 8.78 Å². The highest BCUT2D eigenvalue weighted by molar-refractivity contribution is 7.89. The normalized spacial score (nSPS) is 23.9. The average molecular weight is 726 g/mol. The Bertz CT molecular complexity index is 1780. The van der Waals surface area contributed by atoms with Crippen molar-refractivity contribution in [1.29, 1.82) is 0 Å². The van der Waals surface area contributed by atoms with Crippen molar-refractivity contribution in [3.8, 4) is 11.5 Å². The molecule has 3 unspecified atom stereocenters. The number of alkyl halides is 2. The molecule has 0 radical (unpaired) electrons.